The summed E-state index contributed by atoms with van der Waals surface area (Å²) in [5, 5.41) is 3.64. The smallest absolute Gasteiger partial charge is 0.0124 e. The van der Waals surface area contributed by atoms with E-state index in [4.69, 9.17) is 0 Å². The van der Waals surface area contributed by atoms with Gasteiger partial charge in [0.05, 0.1) is 0 Å². The number of hydrogen-bond donors (Lipinski definition) is 1. The maximum absolute atomic E-state index is 3.64. The molecule has 2 aliphatic rings. The second kappa shape index (κ2) is 6.91. The van der Waals surface area contributed by atoms with Gasteiger partial charge in [-0.05, 0) is 45.1 Å². The van der Waals surface area contributed by atoms with Gasteiger partial charge in [0.2, 0.25) is 0 Å². The molecule has 0 radical (unpaired) electrons. The van der Waals surface area contributed by atoms with Crippen molar-refractivity contribution in [3.63, 3.8) is 0 Å². The first kappa shape index (κ1) is 14.3. The number of hydrogen-bond acceptors (Lipinski definition) is 2. The number of rotatable bonds is 3. The number of likely N-dealkylation sites (tertiary alicyclic amines) is 1. The molecule has 106 valence electrons. The van der Waals surface area contributed by atoms with Crippen molar-refractivity contribution >= 4 is 0 Å². The van der Waals surface area contributed by atoms with Gasteiger partial charge < -0.3 is 5.32 Å². The van der Waals surface area contributed by atoms with Crippen molar-refractivity contribution in [2.24, 2.45) is 5.92 Å². The molecule has 0 aromatic heterocycles. The topological polar surface area (TPSA) is 15.3 Å². The van der Waals surface area contributed by atoms with Crippen LogP contribution in [-0.2, 0) is 0 Å². The molecule has 1 aliphatic carbocycles. The van der Waals surface area contributed by atoms with Crippen molar-refractivity contribution in [1.29, 1.82) is 0 Å². The van der Waals surface area contributed by atoms with Crippen LogP contribution in [0.2, 0.25) is 0 Å². The van der Waals surface area contributed by atoms with Gasteiger partial charge in [-0.25, -0.2) is 0 Å². The molecule has 0 aromatic rings. The Hall–Kier alpha value is -0.0800. The molecular formula is C16H32N2. The first-order chi connectivity index (χ1) is 8.72. The lowest BCUT2D eigenvalue weighted by Crippen LogP contribution is -2.52. The average Bonchev–Trinajstić information content (AvgIpc) is 2.55. The summed E-state index contributed by atoms with van der Waals surface area (Å²) >= 11 is 0. The van der Waals surface area contributed by atoms with E-state index in [0.29, 0.717) is 0 Å². The van der Waals surface area contributed by atoms with Gasteiger partial charge in [-0.1, -0.05) is 33.1 Å². The molecule has 0 bridgehead atoms. The van der Waals surface area contributed by atoms with Crippen LogP contribution in [0.4, 0.5) is 0 Å². The Morgan fingerprint density at radius 3 is 2.56 bits per heavy atom. The summed E-state index contributed by atoms with van der Waals surface area (Å²) in [7, 11) is 0. The van der Waals surface area contributed by atoms with Crippen molar-refractivity contribution in [3.8, 4) is 0 Å². The molecule has 1 aliphatic heterocycles. The molecule has 2 fully saturated rings. The van der Waals surface area contributed by atoms with Crippen molar-refractivity contribution in [1.82, 2.24) is 10.2 Å². The summed E-state index contributed by atoms with van der Waals surface area (Å²) in [5.74, 6) is 0.908. The van der Waals surface area contributed by atoms with Gasteiger partial charge in [0.25, 0.3) is 0 Å². The van der Waals surface area contributed by atoms with Gasteiger partial charge in [0.1, 0.15) is 0 Å². The van der Waals surface area contributed by atoms with E-state index in [2.05, 4.69) is 31.0 Å². The minimum absolute atomic E-state index is 0.766. The second-order valence-corrected chi connectivity index (χ2v) is 6.55. The lowest BCUT2D eigenvalue weighted by molar-refractivity contribution is 0.0569. The van der Waals surface area contributed by atoms with Crippen LogP contribution in [0.1, 0.15) is 65.7 Å². The first-order valence-electron chi connectivity index (χ1n) is 8.21. The maximum atomic E-state index is 3.64. The summed E-state index contributed by atoms with van der Waals surface area (Å²) in [6.45, 7) is 9.59. The quantitative estimate of drug-likeness (QED) is 0.774. The average molecular weight is 252 g/mol. The second-order valence-electron chi connectivity index (χ2n) is 6.55. The predicted molar refractivity (Wildman–Crippen MR) is 78.9 cm³/mol. The van der Waals surface area contributed by atoms with Crippen molar-refractivity contribution < 1.29 is 0 Å². The standard InChI is InChI=1S/C16H32N2/c1-4-17-15-10-11-18(14(3)12-15)16-9-7-5-6-8-13(16)2/h13-17H,4-12H2,1-3H3. The van der Waals surface area contributed by atoms with E-state index in [1.807, 2.05) is 0 Å². The summed E-state index contributed by atoms with van der Waals surface area (Å²) in [6.07, 6.45) is 9.96. The fourth-order valence-electron chi connectivity index (χ4n) is 4.12. The van der Waals surface area contributed by atoms with Crippen LogP contribution in [-0.4, -0.2) is 36.1 Å². The molecule has 4 atom stereocenters. The summed E-state index contributed by atoms with van der Waals surface area (Å²) in [6, 6.07) is 2.40. The van der Waals surface area contributed by atoms with E-state index >= 15 is 0 Å². The van der Waals surface area contributed by atoms with Gasteiger partial charge >= 0.3 is 0 Å². The van der Waals surface area contributed by atoms with Crippen molar-refractivity contribution in [3.05, 3.63) is 0 Å². The number of nitrogens with one attached hydrogen (secondary N) is 1. The Kier molecular flexibility index (Phi) is 5.50. The highest BCUT2D eigenvalue weighted by atomic mass is 15.2. The third kappa shape index (κ3) is 3.48. The van der Waals surface area contributed by atoms with Crippen LogP contribution in [0.15, 0.2) is 0 Å². The third-order valence-electron chi connectivity index (χ3n) is 5.16. The normalized spacial score (nSPS) is 39.5. The molecule has 1 heterocycles. The van der Waals surface area contributed by atoms with Crippen LogP contribution in [0, 0.1) is 5.92 Å². The highest BCUT2D eigenvalue weighted by Gasteiger charge is 2.33. The zero-order valence-electron chi connectivity index (χ0n) is 12.6. The van der Waals surface area contributed by atoms with E-state index in [1.165, 1.54) is 51.5 Å². The zero-order chi connectivity index (χ0) is 13.0. The Labute approximate surface area is 114 Å². The predicted octanol–water partition coefficient (Wildman–Crippen LogP) is 3.42. The molecule has 1 saturated carbocycles. The molecule has 0 spiro atoms. The van der Waals surface area contributed by atoms with Crippen LogP contribution < -0.4 is 5.32 Å². The third-order valence-corrected chi connectivity index (χ3v) is 5.16. The molecule has 4 unspecified atom stereocenters. The summed E-state index contributed by atoms with van der Waals surface area (Å²) in [4.78, 5) is 2.84. The van der Waals surface area contributed by atoms with Gasteiger partial charge in [-0.3, -0.25) is 4.90 Å². The Morgan fingerprint density at radius 1 is 1.06 bits per heavy atom. The lowest BCUT2D eigenvalue weighted by atomic mass is 9.89. The van der Waals surface area contributed by atoms with E-state index in [1.54, 1.807) is 0 Å². The Balaban J connectivity index is 1.92. The van der Waals surface area contributed by atoms with Crippen LogP contribution in [0.3, 0.4) is 0 Å². The van der Waals surface area contributed by atoms with Crippen LogP contribution >= 0.6 is 0 Å². The van der Waals surface area contributed by atoms with E-state index in [-0.39, 0.29) is 0 Å². The van der Waals surface area contributed by atoms with Crippen molar-refractivity contribution in [2.45, 2.75) is 83.8 Å². The Morgan fingerprint density at radius 2 is 1.83 bits per heavy atom. The van der Waals surface area contributed by atoms with Crippen LogP contribution in [0.25, 0.3) is 0 Å². The van der Waals surface area contributed by atoms with E-state index < -0.39 is 0 Å². The lowest BCUT2D eigenvalue weighted by Gasteiger charge is -2.44. The fourth-order valence-corrected chi connectivity index (χ4v) is 4.12. The molecule has 2 rings (SSSR count). The van der Waals surface area contributed by atoms with E-state index in [9.17, 15) is 0 Å². The van der Waals surface area contributed by atoms with Crippen molar-refractivity contribution in [2.75, 3.05) is 13.1 Å². The fraction of sp³-hybridized carbons (Fsp3) is 1.00. The number of nitrogens with zero attached hydrogens (tertiary/aromatic N) is 1. The van der Waals surface area contributed by atoms with E-state index in [0.717, 1.165) is 30.6 Å². The Bertz CT molecular complexity index is 241. The molecule has 0 amide bonds. The van der Waals surface area contributed by atoms with Gasteiger partial charge in [-0.15, -0.1) is 0 Å². The zero-order valence-corrected chi connectivity index (χ0v) is 12.6. The molecule has 2 heteroatoms. The minimum atomic E-state index is 0.766. The monoisotopic (exact) mass is 252 g/mol. The molecule has 18 heavy (non-hydrogen) atoms. The molecule has 2 nitrogen and oxygen atoms in total. The summed E-state index contributed by atoms with van der Waals surface area (Å²) in [5.41, 5.74) is 0. The van der Waals surface area contributed by atoms with Gasteiger partial charge in [-0.2, -0.15) is 0 Å². The minimum Gasteiger partial charge on any atom is -0.314 e. The number of piperidine rings is 1. The molecular weight excluding hydrogens is 220 g/mol. The first-order valence-corrected chi connectivity index (χ1v) is 8.21. The maximum Gasteiger partial charge on any atom is 0.0124 e. The highest BCUT2D eigenvalue weighted by molar-refractivity contribution is 4.89. The SMILES string of the molecule is CCNC1CCN(C2CCCCCC2C)C(C)C1. The highest BCUT2D eigenvalue weighted by Crippen LogP contribution is 2.31. The molecule has 1 saturated heterocycles. The van der Waals surface area contributed by atoms with Gasteiger partial charge in [0.15, 0.2) is 0 Å². The largest absolute Gasteiger partial charge is 0.314 e. The van der Waals surface area contributed by atoms with Crippen LogP contribution in [0.5, 0.6) is 0 Å². The molecule has 0 aromatic carbocycles. The summed E-state index contributed by atoms with van der Waals surface area (Å²) < 4.78 is 0. The van der Waals surface area contributed by atoms with Gasteiger partial charge in [0, 0.05) is 24.7 Å². The molecule has 1 N–H and O–H groups in total.